The summed E-state index contributed by atoms with van der Waals surface area (Å²) in [4.78, 5) is 24.9. The number of hydrogen-bond donors (Lipinski definition) is 2. The fraction of sp³-hybridized carbons (Fsp3) is 0.130. The maximum Gasteiger partial charge on any atom is 0.262 e. The molecule has 0 unspecified atom stereocenters. The summed E-state index contributed by atoms with van der Waals surface area (Å²) in [5.41, 5.74) is 2.68. The monoisotopic (exact) mass is 408 g/mol. The van der Waals surface area contributed by atoms with Crippen LogP contribution in [0.4, 0.5) is 5.69 Å². The number of amides is 2. The van der Waals surface area contributed by atoms with E-state index in [9.17, 15) is 9.59 Å². The Kier molecular flexibility index (Phi) is 6.87. The highest BCUT2D eigenvalue weighted by Gasteiger charge is 2.13. The number of hydrogen-bond acceptors (Lipinski definition) is 3. The van der Waals surface area contributed by atoms with Gasteiger partial charge in [0.15, 0.2) is 6.61 Å². The summed E-state index contributed by atoms with van der Waals surface area (Å²) in [7, 11) is 0. The van der Waals surface area contributed by atoms with Gasteiger partial charge in [0, 0.05) is 11.6 Å². The number of anilines is 1. The van der Waals surface area contributed by atoms with E-state index in [2.05, 4.69) is 10.6 Å². The van der Waals surface area contributed by atoms with Crippen LogP contribution in [0.25, 0.3) is 0 Å². The maximum absolute atomic E-state index is 12.6. The minimum Gasteiger partial charge on any atom is -0.484 e. The third-order valence-corrected chi connectivity index (χ3v) is 4.67. The van der Waals surface area contributed by atoms with Gasteiger partial charge in [-0.2, -0.15) is 0 Å². The lowest BCUT2D eigenvalue weighted by Gasteiger charge is -2.12. The number of nitrogens with one attached hydrogen (secondary N) is 2. The third-order valence-electron chi connectivity index (χ3n) is 4.24. The highest BCUT2D eigenvalue weighted by Crippen LogP contribution is 2.21. The van der Waals surface area contributed by atoms with Crippen molar-refractivity contribution in [2.45, 2.75) is 13.5 Å². The highest BCUT2D eigenvalue weighted by atomic mass is 35.5. The van der Waals surface area contributed by atoms with E-state index in [1.54, 1.807) is 42.5 Å². The number of carbonyl (C=O) groups excluding carboxylic acids is 2. The number of ether oxygens (including phenoxy) is 1. The molecule has 0 aliphatic rings. The Bertz CT molecular complexity index is 1010. The minimum atomic E-state index is -0.360. The molecule has 3 aromatic rings. The fourth-order valence-corrected chi connectivity index (χ4v) is 2.82. The first-order valence-corrected chi connectivity index (χ1v) is 9.50. The summed E-state index contributed by atoms with van der Waals surface area (Å²) in [6.07, 6.45) is 0. The lowest BCUT2D eigenvalue weighted by molar-refractivity contribution is -0.118. The second-order valence-corrected chi connectivity index (χ2v) is 6.87. The zero-order chi connectivity index (χ0) is 20.6. The molecule has 0 atom stereocenters. The van der Waals surface area contributed by atoms with E-state index in [4.69, 9.17) is 16.3 Å². The van der Waals surface area contributed by atoms with E-state index in [0.717, 1.165) is 11.1 Å². The van der Waals surface area contributed by atoms with Crippen molar-refractivity contribution in [3.63, 3.8) is 0 Å². The van der Waals surface area contributed by atoms with Gasteiger partial charge in [0.25, 0.3) is 11.8 Å². The standard InChI is InChI=1S/C23H21ClN2O3/c1-16-13-18(11-12-20(16)24)29-15-22(27)26-21-10-6-5-9-19(21)23(28)25-14-17-7-3-2-4-8-17/h2-13H,14-15H2,1H3,(H,25,28)(H,26,27). The van der Waals surface area contributed by atoms with Crippen LogP contribution in [0, 0.1) is 6.92 Å². The average Bonchev–Trinajstić information content (AvgIpc) is 2.74. The van der Waals surface area contributed by atoms with E-state index in [-0.39, 0.29) is 18.4 Å². The van der Waals surface area contributed by atoms with Crippen LogP contribution in [-0.4, -0.2) is 18.4 Å². The lowest BCUT2D eigenvalue weighted by Crippen LogP contribution is -2.26. The number of benzene rings is 3. The minimum absolute atomic E-state index is 0.180. The van der Waals surface area contributed by atoms with Crippen LogP contribution < -0.4 is 15.4 Å². The zero-order valence-electron chi connectivity index (χ0n) is 15.9. The van der Waals surface area contributed by atoms with Crippen LogP contribution in [0.3, 0.4) is 0 Å². The first-order chi connectivity index (χ1) is 14.0. The number of aryl methyl sites for hydroxylation is 1. The summed E-state index contributed by atoms with van der Waals surface area (Å²) in [5, 5.41) is 6.24. The molecule has 2 amide bonds. The molecule has 0 aromatic heterocycles. The first-order valence-electron chi connectivity index (χ1n) is 9.13. The molecule has 0 aliphatic carbocycles. The van der Waals surface area contributed by atoms with Gasteiger partial charge in [0.1, 0.15) is 5.75 Å². The molecule has 0 fully saturated rings. The maximum atomic E-state index is 12.6. The Balaban J connectivity index is 1.59. The van der Waals surface area contributed by atoms with Crippen LogP contribution in [0.1, 0.15) is 21.5 Å². The second-order valence-electron chi connectivity index (χ2n) is 6.46. The largest absolute Gasteiger partial charge is 0.484 e. The second kappa shape index (κ2) is 9.75. The molecule has 29 heavy (non-hydrogen) atoms. The summed E-state index contributed by atoms with van der Waals surface area (Å²) in [6.45, 7) is 2.08. The van der Waals surface area contributed by atoms with Gasteiger partial charge in [-0.25, -0.2) is 0 Å². The molecular weight excluding hydrogens is 388 g/mol. The quantitative estimate of drug-likeness (QED) is 0.600. The van der Waals surface area contributed by atoms with Crippen LogP contribution in [0.2, 0.25) is 5.02 Å². The number of halogens is 1. The van der Waals surface area contributed by atoms with E-state index >= 15 is 0 Å². The van der Waals surface area contributed by atoms with Crippen molar-refractivity contribution in [3.8, 4) is 5.75 Å². The van der Waals surface area contributed by atoms with Crippen LogP contribution in [0.15, 0.2) is 72.8 Å². The van der Waals surface area contributed by atoms with Crippen molar-refractivity contribution < 1.29 is 14.3 Å². The molecule has 3 aromatic carbocycles. The van der Waals surface area contributed by atoms with E-state index in [1.165, 1.54) is 0 Å². The van der Waals surface area contributed by atoms with E-state index in [1.807, 2.05) is 37.3 Å². The molecule has 6 heteroatoms. The molecule has 0 bridgehead atoms. The summed E-state index contributed by atoms with van der Waals surface area (Å²) < 4.78 is 5.51. The lowest BCUT2D eigenvalue weighted by atomic mass is 10.1. The van der Waals surface area contributed by atoms with Crippen LogP contribution >= 0.6 is 11.6 Å². The van der Waals surface area contributed by atoms with Gasteiger partial charge >= 0.3 is 0 Å². The fourth-order valence-electron chi connectivity index (χ4n) is 2.71. The first kappa shape index (κ1) is 20.4. The summed E-state index contributed by atoms with van der Waals surface area (Å²) in [6, 6.07) is 21.7. The Labute approximate surface area is 174 Å². The number of carbonyl (C=O) groups is 2. The SMILES string of the molecule is Cc1cc(OCC(=O)Nc2ccccc2C(=O)NCc2ccccc2)ccc1Cl. The molecule has 148 valence electrons. The molecule has 0 radical (unpaired) electrons. The van der Waals surface area contributed by atoms with Crippen molar-refractivity contribution in [1.29, 1.82) is 0 Å². The highest BCUT2D eigenvalue weighted by molar-refractivity contribution is 6.31. The Morgan fingerprint density at radius 1 is 0.966 bits per heavy atom. The normalized spacial score (nSPS) is 10.3. The smallest absolute Gasteiger partial charge is 0.262 e. The molecule has 2 N–H and O–H groups in total. The molecule has 3 rings (SSSR count). The van der Waals surface area contributed by atoms with Crippen molar-refractivity contribution in [1.82, 2.24) is 5.32 Å². The van der Waals surface area contributed by atoms with Gasteiger partial charge in [-0.1, -0.05) is 54.1 Å². The van der Waals surface area contributed by atoms with Gasteiger partial charge in [0.05, 0.1) is 11.3 Å². The van der Waals surface area contributed by atoms with Gasteiger partial charge in [0.2, 0.25) is 0 Å². The predicted octanol–water partition coefficient (Wildman–Crippen LogP) is 4.60. The predicted molar refractivity (Wildman–Crippen MR) is 114 cm³/mol. The molecule has 5 nitrogen and oxygen atoms in total. The van der Waals surface area contributed by atoms with Crippen molar-refractivity contribution in [3.05, 3.63) is 94.5 Å². The zero-order valence-corrected chi connectivity index (χ0v) is 16.7. The van der Waals surface area contributed by atoms with Crippen molar-refractivity contribution in [2.75, 3.05) is 11.9 Å². The average molecular weight is 409 g/mol. The van der Waals surface area contributed by atoms with E-state index in [0.29, 0.717) is 28.6 Å². The molecule has 0 saturated carbocycles. The van der Waals surface area contributed by atoms with Crippen LogP contribution in [-0.2, 0) is 11.3 Å². The van der Waals surface area contributed by atoms with Gasteiger partial charge in [-0.3, -0.25) is 9.59 Å². The summed E-state index contributed by atoms with van der Waals surface area (Å²) in [5.74, 6) is -0.0733. The molecule has 0 heterocycles. The van der Waals surface area contributed by atoms with Gasteiger partial charge in [-0.15, -0.1) is 0 Å². The summed E-state index contributed by atoms with van der Waals surface area (Å²) >= 11 is 5.99. The topological polar surface area (TPSA) is 67.4 Å². The van der Waals surface area contributed by atoms with Gasteiger partial charge in [-0.05, 0) is 48.4 Å². The van der Waals surface area contributed by atoms with Gasteiger partial charge < -0.3 is 15.4 Å². The molecule has 0 saturated heterocycles. The Hall–Kier alpha value is -3.31. The van der Waals surface area contributed by atoms with Crippen molar-refractivity contribution in [2.24, 2.45) is 0 Å². The number of rotatable bonds is 7. The third kappa shape index (κ3) is 5.83. The molecular formula is C23H21ClN2O3. The molecule has 0 aliphatic heterocycles. The Morgan fingerprint density at radius 2 is 1.69 bits per heavy atom. The molecule has 0 spiro atoms. The number of para-hydroxylation sites is 1. The van der Waals surface area contributed by atoms with Crippen LogP contribution in [0.5, 0.6) is 5.75 Å². The van der Waals surface area contributed by atoms with E-state index < -0.39 is 0 Å². The van der Waals surface area contributed by atoms with Crippen molar-refractivity contribution >= 4 is 29.1 Å². The Morgan fingerprint density at radius 3 is 2.45 bits per heavy atom.